The van der Waals surface area contributed by atoms with Crippen molar-refractivity contribution in [1.82, 2.24) is 9.97 Å². The van der Waals surface area contributed by atoms with Gasteiger partial charge in [-0.3, -0.25) is 0 Å². The Morgan fingerprint density at radius 1 is 1.47 bits per heavy atom. The van der Waals surface area contributed by atoms with Gasteiger partial charge >= 0.3 is 0 Å². The molecule has 5 heteroatoms. The molecule has 0 saturated heterocycles. The fourth-order valence-corrected chi connectivity index (χ4v) is 2.79. The van der Waals surface area contributed by atoms with Crippen molar-refractivity contribution in [3.05, 3.63) is 12.0 Å². The molecule has 5 nitrogen and oxygen atoms in total. The van der Waals surface area contributed by atoms with Crippen molar-refractivity contribution >= 4 is 11.5 Å². The van der Waals surface area contributed by atoms with Gasteiger partial charge < -0.3 is 14.9 Å². The predicted molar refractivity (Wildman–Crippen MR) is 66.5 cm³/mol. The molecule has 1 atom stereocenters. The van der Waals surface area contributed by atoms with E-state index in [2.05, 4.69) is 26.7 Å². The van der Waals surface area contributed by atoms with Crippen molar-refractivity contribution in [2.45, 2.75) is 25.3 Å². The number of hydrogen-bond donors (Lipinski definition) is 1. The predicted octanol–water partition coefficient (Wildman–Crippen LogP) is 0.430. The van der Waals surface area contributed by atoms with E-state index in [0.717, 1.165) is 37.4 Å². The molecule has 0 bridgehead atoms. The van der Waals surface area contributed by atoms with Gasteiger partial charge in [0, 0.05) is 20.1 Å². The molecule has 0 aromatic carbocycles. The summed E-state index contributed by atoms with van der Waals surface area (Å²) in [7, 11) is 2.00. The van der Waals surface area contributed by atoms with Gasteiger partial charge in [0.2, 0.25) is 0 Å². The maximum Gasteiger partial charge on any atom is 0.156 e. The van der Waals surface area contributed by atoms with Crippen LogP contribution in [0.1, 0.15) is 19.0 Å². The van der Waals surface area contributed by atoms with Crippen LogP contribution in [0.2, 0.25) is 0 Å². The molecule has 92 valence electrons. The molecule has 3 heterocycles. The summed E-state index contributed by atoms with van der Waals surface area (Å²) in [6, 6.07) is 0. The Labute approximate surface area is 101 Å². The lowest BCUT2D eigenvalue weighted by Crippen LogP contribution is -2.59. The minimum absolute atomic E-state index is 0.138. The lowest BCUT2D eigenvalue weighted by molar-refractivity contribution is 0.201. The van der Waals surface area contributed by atoms with E-state index in [1.54, 1.807) is 6.33 Å². The Hall–Kier alpha value is -1.36. The minimum atomic E-state index is -0.254. The number of hydrogen-bond acceptors (Lipinski definition) is 5. The van der Waals surface area contributed by atoms with Gasteiger partial charge in [0.25, 0.3) is 0 Å². The van der Waals surface area contributed by atoms with Gasteiger partial charge in [-0.15, -0.1) is 0 Å². The highest BCUT2D eigenvalue weighted by Crippen LogP contribution is 2.40. The van der Waals surface area contributed by atoms with Crippen LogP contribution >= 0.6 is 0 Å². The van der Waals surface area contributed by atoms with Gasteiger partial charge in [0.1, 0.15) is 12.0 Å². The summed E-state index contributed by atoms with van der Waals surface area (Å²) in [5, 5.41) is 9.64. The number of nitrogens with zero attached hydrogens (tertiary/aromatic N) is 4. The molecular weight excluding hydrogens is 216 g/mol. The first-order chi connectivity index (χ1) is 8.15. The number of aromatic nitrogens is 2. The second-order valence-electron chi connectivity index (χ2n) is 5.23. The maximum absolute atomic E-state index is 9.64. The smallest absolute Gasteiger partial charge is 0.156 e. The van der Waals surface area contributed by atoms with Crippen molar-refractivity contribution in [2.75, 3.05) is 36.5 Å². The summed E-state index contributed by atoms with van der Waals surface area (Å²) >= 11 is 0. The van der Waals surface area contributed by atoms with E-state index in [1.807, 2.05) is 7.05 Å². The highest BCUT2D eigenvalue weighted by atomic mass is 16.3. The molecule has 1 aromatic heterocycles. The molecule has 1 unspecified atom stereocenters. The fraction of sp³-hybridized carbons (Fsp3) is 0.667. The number of likely N-dealkylation sites (N-methyl/N-ethyl adjacent to an activating group) is 1. The quantitative estimate of drug-likeness (QED) is 0.763. The van der Waals surface area contributed by atoms with Gasteiger partial charge in [-0.05, 0) is 19.8 Å². The summed E-state index contributed by atoms with van der Waals surface area (Å²) < 4.78 is 0. The van der Waals surface area contributed by atoms with Crippen LogP contribution < -0.4 is 9.80 Å². The van der Waals surface area contributed by atoms with Gasteiger partial charge in [-0.1, -0.05) is 0 Å². The van der Waals surface area contributed by atoms with Crippen LogP contribution in [0.4, 0.5) is 11.5 Å². The van der Waals surface area contributed by atoms with Crippen LogP contribution in [0.15, 0.2) is 6.33 Å². The molecule has 2 aliphatic rings. The van der Waals surface area contributed by atoms with Crippen LogP contribution in [0.25, 0.3) is 0 Å². The van der Waals surface area contributed by atoms with E-state index >= 15 is 0 Å². The van der Waals surface area contributed by atoms with Crippen molar-refractivity contribution in [2.24, 2.45) is 0 Å². The highest BCUT2D eigenvalue weighted by molar-refractivity contribution is 5.74. The zero-order valence-electron chi connectivity index (χ0n) is 10.3. The maximum atomic E-state index is 9.64. The summed E-state index contributed by atoms with van der Waals surface area (Å²) in [5.41, 5.74) is 2.07. The minimum Gasteiger partial charge on any atom is -0.394 e. The number of rotatable bonds is 1. The Balaban J connectivity index is 2.15. The number of aliphatic hydroxyl groups excluding tert-OH is 1. The molecule has 1 aromatic rings. The van der Waals surface area contributed by atoms with E-state index in [-0.39, 0.29) is 12.1 Å². The van der Waals surface area contributed by atoms with Crippen LogP contribution in [0.5, 0.6) is 0 Å². The van der Waals surface area contributed by atoms with Crippen molar-refractivity contribution < 1.29 is 5.11 Å². The molecule has 17 heavy (non-hydrogen) atoms. The third kappa shape index (κ3) is 1.42. The molecule has 0 aliphatic carbocycles. The van der Waals surface area contributed by atoms with E-state index in [9.17, 15) is 5.11 Å². The molecule has 0 spiro atoms. The normalized spacial score (nSPS) is 27.0. The first kappa shape index (κ1) is 10.8. The lowest BCUT2D eigenvalue weighted by atomic mass is 9.94. The van der Waals surface area contributed by atoms with E-state index in [0.29, 0.717) is 0 Å². The Kier molecular flexibility index (Phi) is 2.26. The molecule has 0 saturated carbocycles. The highest BCUT2D eigenvalue weighted by Gasteiger charge is 2.40. The van der Waals surface area contributed by atoms with Gasteiger partial charge in [0.15, 0.2) is 5.82 Å². The molecule has 0 radical (unpaired) electrons. The van der Waals surface area contributed by atoms with E-state index < -0.39 is 0 Å². The molecule has 1 N–H and O–H groups in total. The van der Waals surface area contributed by atoms with Gasteiger partial charge in [0.05, 0.1) is 17.8 Å². The average molecular weight is 234 g/mol. The Morgan fingerprint density at radius 2 is 2.29 bits per heavy atom. The number of aliphatic hydroxyl groups is 1. The number of anilines is 2. The second-order valence-corrected chi connectivity index (χ2v) is 5.23. The van der Waals surface area contributed by atoms with Crippen molar-refractivity contribution in [3.63, 3.8) is 0 Å². The molecule has 3 rings (SSSR count). The zero-order chi connectivity index (χ0) is 12.0. The van der Waals surface area contributed by atoms with E-state index in [1.165, 1.54) is 5.69 Å². The largest absolute Gasteiger partial charge is 0.394 e. The topological polar surface area (TPSA) is 52.5 Å². The first-order valence-corrected chi connectivity index (χ1v) is 6.09. The van der Waals surface area contributed by atoms with E-state index in [4.69, 9.17) is 0 Å². The first-order valence-electron chi connectivity index (χ1n) is 6.09. The summed E-state index contributed by atoms with van der Waals surface area (Å²) in [4.78, 5) is 13.2. The second kappa shape index (κ2) is 3.57. The Morgan fingerprint density at radius 3 is 3.06 bits per heavy atom. The summed E-state index contributed by atoms with van der Waals surface area (Å²) in [5.74, 6) is 0.956. The lowest BCUT2D eigenvalue weighted by Gasteiger charge is -2.49. The monoisotopic (exact) mass is 234 g/mol. The van der Waals surface area contributed by atoms with Crippen LogP contribution in [-0.2, 0) is 6.42 Å². The summed E-state index contributed by atoms with van der Waals surface area (Å²) in [6.07, 6.45) is 3.80. The zero-order valence-corrected chi connectivity index (χ0v) is 10.3. The van der Waals surface area contributed by atoms with Gasteiger partial charge in [-0.25, -0.2) is 9.97 Å². The van der Waals surface area contributed by atoms with Crippen LogP contribution in [-0.4, -0.2) is 47.4 Å². The SMILES string of the molecule is CN1c2ncnc3c2N(CCC3)CC1(C)CO. The molecule has 0 amide bonds. The fourth-order valence-electron chi connectivity index (χ4n) is 2.79. The summed E-state index contributed by atoms with van der Waals surface area (Å²) in [6.45, 7) is 4.09. The molecule has 2 aliphatic heterocycles. The molecule has 0 fully saturated rings. The third-order valence-corrected chi connectivity index (χ3v) is 4.04. The third-order valence-electron chi connectivity index (χ3n) is 4.04. The van der Waals surface area contributed by atoms with Crippen molar-refractivity contribution in [3.8, 4) is 0 Å². The average Bonchev–Trinajstić information content (AvgIpc) is 2.36. The number of aryl methyl sites for hydroxylation is 1. The van der Waals surface area contributed by atoms with Crippen molar-refractivity contribution in [1.29, 1.82) is 0 Å². The Bertz CT molecular complexity index is 450. The van der Waals surface area contributed by atoms with Crippen LogP contribution in [0.3, 0.4) is 0 Å². The molecular formula is C12H18N4O. The standard InChI is InChI=1S/C12H18N4O/c1-12(7-17)6-16-5-3-4-9-10(16)11(15(12)2)14-8-13-9/h8,17H,3-7H2,1-2H3. The van der Waals surface area contributed by atoms with Crippen LogP contribution in [0, 0.1) is 0 Å². The van der Waals surface area contributed by atoms with Gasteiger partial charge in [-0.2, -0.15) is 0 Å².